The summed E-state index contributed by atoms with van der Waals surface area (Å²) in [6.07, 6.45) is 3.08. The fourth-order valence-electron chi connectivity index (χ4n) is 1.54. The highest BCUT2D eigenvalue weighted by molar-refractivity contribution is 7.98. The first-order valence-corrected chi connectivity index (χ1v) is 7.84. The predicted octanol–water partition coefficient (Wildman–Crippen LogP) is 2.38. The molecular formula is C13H25N5S. The Bertz CT molecular complexity index is 361. The van der Waals surface area contributed by atoms with Crippen LogP contribution >= 0.6 is 11.8 Å². The van der Waals surface area contributed by atoms with Gasteiger partial charge in [0.1, 0.15) is 11.6 Å². The van der Waals surface area contributed by atoms with E-state index in [1.807, 2.05) is 19.4 Å². The minimum atomic E-state index is 0.595. The molecule has 1 aromatic heterocycles. The third-order valence-electron chi connectivity index (χ3n) is 3.02. The van der Waals surface area contributed by atoms with Crippen molar-refractivity contribution in [3.05, 3.63) is 6.07 Å². The number of hydrogen-bond acceptors (Lipinski definition) is 6. The standard InChI is InChI=1S/C13H25N5S/c1-10(2)18(4)8-6-7-15-12-9-11(14-3)16-13(17-12)19-5/h9-10H,6-8H2,1-5H3,(H2,14,15,16,17). The summed E-state index contributed by atoms with van der Waals surface area (Å²) in [6.45, 7) is 6.43. The zero-order valence-electron chi connectivity index (χ0n) is 12.5. The van der Waals surface area contributed by atoms with Gasteiger partial charge in [-0.15, -0.1) is 0 Å². The van der Waals surface area contributed by atoms with Crippen molar-refractivity contribution in [2.24, 2.45) is 0 Å². The van der Waals surface area contributed by atoms with Crippen LogP contribution in [0.15, 0.2) is 11.2 Å². The number of nitrogens with zero attached hydrogens (tertiary/aromatic N) is 3. The topological polar surface area (TPSA) is 53.1 Å². The lowest BCUT2D eigenvalue weighted by atomic mass is 10.3. The van der Waals surface area contributed by atoms with E-state index in [-0.39, 0.29) is 0 Å². The molecule has 108 valence electrons. The van der Waals surface area contributed by atoms with Crippen LogP contribution in [0.4, 0.5) is 11.6 Å². The van der Waals surface area contributed by atoms with Gasteiger partial charge in [-0.25, -0.2) is 9.97 Å². The van der Waals surface area contributed by atoms with Crippen molar-refractivity contribution in [3.63, 3.8) is 0 Å². The summed E-state index contributed by atoms with van der Waals surface area (Å²) >= 11 is 1.55. The molecule has 0 spiro atoms. The lowest BCUT2D eigenvalue weighted by Crippen LogP contribution is -2.28. The average Bonchev–Trinajstić information content (AvgIpc) is 2.42. The van der Waals surface area contributed by atoms with Crippen molar-refractivity contribution in [2.45, 2.75) is 31.5 Å². The second-order valence-electron chi connectivity index (χ2n) is 4.73. The van der Waals surface area contributed by atoms with Crippen molar-refractivity contribution >= 4 is 23.4 Å². The minimum absolute atomic E-state index is 0.595. The van der Waals surface area contributed by atoms with Gasteiger partial charge in [0, 0.05) is 25.7 Å². The van der Waals surface area contributed by atoms with E-state index in [1.165, 1.54) is 0 Å². The number of rotatable bonds is 8. The number of aromatic nitrogens is 2. The van der Waals surface area contributed by atoms with E-state index in [4.69, 9.17) is 0 Å². The van der Waals surface area contributed by atoms with Crippen LogP contribution in [0.2, 0.25) is 0 Å². The van der Waals surface area contributed by atoms with Gasteiger partial charge in [0.15, 0.2) is 5.16 Å². The lowest BCUT2D eigenvalue weighted by molar-refractivity contribution is 0.273. The quantitative estimate of drug-likeness (QED) is 0.434. The molecule has 1 rings (SSSR count). The molecule has 19 heavy (non-hydrogen) atoms. The maximum Gasteiger partial charge on any atom is 0.191 e. The number of nitrogens with one attached hydrogen (secondary N) is 2. The van der Waals surface area contributed by atoms with Gasteiger partial charge >= 0.3 is 0 Å². The Hall–Kier alpha value is -1.01. The molecule has 5 nitrogen and oxygen atoms in total. The van der Waals surface area contributed by atoms with Gasteiger partial charge in [0.25, 0.3) is 0 Å². The molecule has 6 heteroatoms. The summed E-state index contributed by atoms with van der Waals surface area (Å²) in [5.41, 5.74) is 0. The van der Waals surface area contributed by atoms with Crippen LogP contribution < -0.4 is 10.6 Å². The van der Waals surface area contributed by atoms with E-state index >= 15 is 0 Å². The third-order valence-corrected chi connectivity index (χ3v) is 3.57. The van der Waals surface area contributed by atoms with Gasteiger partial charge in [-0.05, 0) is 40.1 Å². The van der Waals surface area contributed by atoms with E-state index in [0.717, 1.165) is 36.3 Å². The predicted molar refractivity (Wildman–Crippen MR) is 84.2 cm³/mol. The first-order valence-electron chi connectivity index (χ1n) is 6.61. The van der Waals surface area contributed by atoms with Crippen LogP contribution in [-0.2, 0) is 0 Å². The molecule has 0 aliphatic rings. The molecule has 0 aliphatic carbocycles. The first-order chi connectivity index (χ1) is 9.06. The van der Waals surface area contributed by atoms with E-state index < -0.39 is 0 Å². The Morgan fingerprint density at radius 2 is 2.00 bits per heavy atom. The van der Waals surface area contributed by atoms with Gasteiger partial charge in [0.2, 0.25) is 0 Å². The van der Waals surface area contributed by atoms with Crippen LogP contribution in [0.25, 0.3) is 0 Å². The molecule has 0 aliphatic heterocycles. The molecule has 2 N–H and O–H groups in total. The zero-order valence-corrected chi connectivity index (χ0v) is 13.3. The Morgan fingerprint density at radius 3 is 2.58 bits per heavy atom. The molecule has 0 unspecified atom stereocenters. The summed E-state index contributed by atoms with van der Waals surface area (Å²) in [5.74, 6) is 1.73. The van der Waals surface area contributed by atoms with Crippen LogP contribution in [0, 0.1) is 0 Å². The summed E-state index contributed by atoms with van der Waals surface area (Å²) < 4.78 is 0. The largest absolute Gasteiger partial charge is 0.373 e. The molecule has 1 heterocycles. The molecule has 0 bridgehead atoms. The highest BCUT2D eigenvalue weighted by atomic mass is 32.2. The van der Waals surface area contributed by atoms with Gasteiger partial charge < -0.3 is 15.5 Å². The van der Waals surface area contributed by atoms with Gasteiger partial charge in [-0.2, -0.15) is 0 Å². The number of anilines is 2. The van der Waals surface area contributed by atoms with Crippen LogP contribution in [0.1, 0.15) is 20.3 Å². The van der Waals surface area contributed by atoms with Gasteiger partial charge in [-0.1, -0.05) is 11.8 Å². The molecule has 1 aromatic rings. The Labute approximate surface area is 120 Å². The molecule has 0 radical (unpaired) electrons. The number of hydrogen-bond donors (Lipinski definition) is 2. The van der Waals surface area contributed by atoms with E-state index in [0.29, 0.717) is 6.04 Å². The summed E-state index contributed by atoms with van der Waals surface area (Å²) in [7, 11) is 4.02. The van der Waals surface area contributed by atoms with Crippen molar-refractivity contribution in [1.82, 2.24) is 14.9 Å². The molecule has 0 aromatic carbocycles. The molecule has 0 atom stereocenters. The van der Waals surface area contributed by atoms with Crippen molar-refractivity contribution in [3.8, 4) is 0 Å². The van der Waals surface area contributed by atoms with Crippen LogP contribution in [0.3, 0.4) is 0 Å². The lowest BCUT2D eigenvalue weighted by Gasteiger charge is -2.20. The second kappa shape index (κ2) is 8.22. The minimum Gasteiger partial charge on any atom is -0.373 e. The fraction of sp³-hybridized carbons (Fsp3) is 0.692. The smallest absolute Gasteiger partial charge is 0.191 e. The summed E-state index contributed by atoms with van der Waals surface area (Å²) in [6, 6.07) is 2.53. The van der Waals surface area contributed by atoms with Gasteiger partial charge in [0.05, 0.1) is 0 Å². The van der Waals surface area contributed by atoms with Crippen molar-refractivity contribution < 1.29 is 0 Å². The van der Waals surface area contributed by atoms with E-state index in [1.54, 1.807) is 11.8 Å². The zero-order chi connectivity index (χ0) is 14.3. The normalized spacial score (nSPS) is 11.1. The van der Waals surface area contributed by atoms with Crippen LogP contribution in [0.5, 0.6) is 0 Å². The highest BCUT2D eigenvalue weighted by Crippen LogP contribution is 2.16. The molecule has 0 saturated heterocycles. The van der Waals surface area contributed by atoms with E-state index in [9.17, 15) is 0 Å². The maximum absolute atomic E-state index is 4.44. The molecule has 0 fully saturated rings. The Kier molecular flexibility index (Phi) is 6.94. The van der Waals surface area contributed by atoms with Crippen molar-refractivity contribution in [2.75, 3.05) is 44.1 Å². The van der Waals surface area contributed by atoms with Crippen molar-refractivity contribution in [1.29, 1.82) is 0 Å². The monoisotopic (exact) mass is 283 g/mol. The maximum atomic E-state index is 4.44. The van der Waals surface area contributed by atoms with Gasteiger partial charge in [-0.3, -0.25) is 0 Å². The van der Waals surface area contributed by atoms with Crippen LogP contribution in [-0.4, -0.2) is 54.4 Å². The Morgan fingerprint density at radius 1 is 1.32 bits per heavy atom. The summed E-state index contributed by atoms with van der Waals surface area (Å²) in [5, 5.41) is 7.20. The fourth-order valence-corrected chi connectivity index (χ4v) is 1.92. The molecule has 0 amide bonds. The molecular weight excluding hydrogens is 258 g/mol. The third kappa shape index (κ3) is 5.65. The molecule has 0 saturated carbocycles. The average molecular weight is 283 g/mol. The van der Waals surface area contributed by atoms with E-state index in [2.05, 4.69) is 46.4 Å². The Balaban J connectivity index is 2.44. The SMILES string of the molecule is CNc1cc(NCCCN(C)C(C)C)nc(SC)n1. The second-order valence-corrected chi connectivity index (χ2v) is 5.50. The first kappa shape index (κ1) is 16.0. The summed E-state index contributed by atoms with van der Waals surface area (Å²) in [4.78, 5) is 11.1. The number of thioether (sulfide) groups is 1. The highest BCUT2D eigenvalue weighted by Gasteiger charge is 2.04.